The van der Waals surface area contributed by atoms with Crippen LogP contribution in [0.3, 0.4) is 0 Å². The third kappa shape index (κ3) is 4.67. The monoisotopic (exact) mass is 241 g/mol. The van der Waals surface area contributed by atoms with E-state index in [0.29, 0.717) is 5.92 Å². The Morgan fingerprint density at radius 2 is 1.71 bits per heavy atom. The first-order valence-electron chi connectivity index (χ1n) is 6.10. The largest absolute Gasteiger partial charge is 0.368 e. The minimum atomic E-state index is -0.308. The van der Waals surface area contributed by atoms with Gasteiger partial charge in [-0.3, -0.25) is 4.79 Å². The van der Waals surface area contributed by atoms with Crippen molar-refractivity contribution in [1.82, 2.24) is 9.80 Å². The second kappa shape index (κ2) is 6.52. The molecule has 1 amide bonds. The summed E-state index contributed by atoms with van der Waals surface area (Å²) >= 11 is 0. The molecular formula is C13H27N3O. The molecule has 0 fully saturated rings. The third-order valence-electron chi connectivity index (χ3n) is 2.83. The summed E-state index contributed by atoms with van der Waals surface area (Å²) in [4.78, 5) is 15.4. The predicted octanol–water partition coefficient (Wildman–Crippen LogP) is 1.49. The first-order valence-corrected chi connectivity index (χ1v) is 6.10. The fourth-order valence-corrected chi connectivity index (χ4v) is 2.05. The summed E-state index contributed by atoms with van der Waals surface area (Å²) < 4.78 is 0. The van der Waals surface area contributed by atoms with Gasteiger partial charge in [-0.15, -0.1) is 0 Å². The number of nitrogens with two attached hydrogens (primary N) is 1. The zero-order chi connectivity index (χ0) is 13.7. The lowest BCUT2D eigenvalue weighted by Crippen LogP contribution is -2.48. The maximum Gasteiger partial charge on any atom is 0.240 e. The molecule has 100 valence electrons. The van der Waals surface area contributed by atoms with Gasteiger partial charge in [0.25, 0.3) is 0 Å². The van der Waals surface area contributed by atoms with Crippen LogP contribution in [0.25, 0.3) is 0 Å². The van der Waals surface area contributed by atoms with E-state index in [1.807, 2.05) is 32.8 Å². The van der Waals surface area contributed by atoms with Crippen LogP contribution in [0.5, 0.6) is 0 Å². The molecule has 0 aliphatic carbocycles. The standard InChI is InChI=1S/C13H27N3O/c1-9(2)8-15(6)11(5)16(7)12(10(3)4)13(14)17/h9-10,12H,5,8H2,1-4,6-7H3,(H2,14,17). The molecular weight excluding hydrogens is 214 g/mol. The minimum Gasteiger partial charge on any atom is -0.368 e. The van der Waals surface area contributed by atoms with Crippen molar-refractivity contribution in [1.29, 1.82) is 0 Å². The van der Waals surface area contributed by atoms with E-state index in [0.717, 1.165) is 12.4 Å². The van der Waals surface area contributed by atoms with Gasteiger partial charge in [0.1, 0.15) is 6.04 Å². The molecule has 4 heteroatoms. The van der Waals surface area contributed by atoms with E-state index in [2.05, 4.69) is 25.3 Å². The molecule has 0 aliphatic rings. The number of hydrogen-bond donors (Lipinski definition) is 1. The Bertz CT molecular complexity index is 274. The Morgan fingerprint density at radius 1 is 1.24 bits per heavy atom. The lowest BCUT2D eigenvalue weighted by Gasteiger charge is -2.36. The van der Waals surface area contributed by atoms with Crippen LogP contribution in [0, 0.1) is 11.8 Å². The number of hydrogen-bond acceptors (Lipinski definition) is 3. The zero-order valence-corrected chi connectivity index (χ0v) is 12.0. The molecule has 0 bridgehead atoms. The van der Waals surface area contributed by atoms with E-state index in [-0.39, 0.29) is 17.9 Å². The lowest BCUT2D eigenvalue weighted by atomic mass is 10.0. The summed E-state index contributed by atoms with van der Waals surface area (Å²) in [5.41, 5.74) is 5.44. The Hall–Kier alpha value is -1.19. The summed E-state index contributed by atoms with van der Waals surface area (Å²) in [5.74, 6) is 1.25. The van der Waals surface area contributed by atoms with Crippen molar-refractivity contribution in [3.63, 3.8) is 0 Å². The van der Waals surface area contributed by atoms with Crippen molar-refractivity contribution >= 4 is 5.91 Å². The topological polar surface area (TPSA) is 49.6 Å². The maximum atomic E-state index is 11.5. The molecule has 2 N–H and O–H groups in total. The van der Waals surface area contributed by atoms with E-state index < -0.39 is 0 Å². The predicted molar refractivity (Wildman–Crippen MR) is 72.2 cm³/mol. The number of amides is 1. The highest BCUT2D eigenvalue weighted by atomic mass is 16.1. The van der Waals surface area contributed by atoms with Gasteiger partial charge in [-0.1, -0.05) is 34.3 Å². The SMILES string of the molecule is C=C(N(C)CC(C)C)N(C)C(C(N)=O)C(C)C. The highest BCUT2D eigenvalue weighted by Crippen LogP contribution is 2.16. The Balaban J connectivity index is 4.71. The molecule has 17 heavy (non-hydrogen) atoms. The van der Waals surface area contributed by atoms with Gasteiger partial charge < -0.3 is 15.5 Å². The van der Waals surface area contributed by atoms with Crippen LogP contribution in [-0.4, -0.2) is 42.4 Å². The highest BCUT2D eigenvalue weighted by Gasteiger charge is 2.26. The summed E-state index contributed by atoms with van der Waals surface area (Å²) in [6.07, 6.45) is 0. The molecule has 0 aromatic heterocycles. The maximum absolute atomic E-state index is 11.5. The average molecular weight is 241 g/mol. The van der Waals surface area contributed by atoms with Gasteiger partial charge >= 0.3 is 0 Å². The van der Waals surface area contributed by atoms with Gasteiger partial charge in [0.2, 0.25) is 5.91 Å². The number of rotatable bonds is 7. The Morgan fingerprint density at radius 3 is 2.00 bits per heavy atom. The van der Waals surface area contributed by atoms with Gasteiger partial charge in [-0.05, 0) is 11.8 Å². The summed E-state index contributed by atoms with van der Waals surface area (Å²) in [5, 5.41) is 0. The quantitative estimate of drug-likeness (QED) is 0.734. The molecule has 0 aromatic carbocycles. The number of primary amides is 1. The van der Waals surface area contributed by atoms with Gasteiger partial charge in [-0.2, -0.15) is 0 Å². The highest BCUT2D eigenvalue weighted by molar-refractivity contribution is 5.80. The first kappa shape index (κ1) is 15.8. The lowest BCUT2D eigenvalue weighted by molar-refractivity contribution is -0.123. The molecule has 0 heterocycles. The fourth-order valence-electron chi connectivity index (χ4n) is 2.05. The molecule has 1 atom stereocenters. The van der Waals surface area contributed by atoms with E-state index in [4.69, 9.17) is 5.73 Å². The molecule has 0 rings (SSSR count). The van der Waals surface area contributed by atoms with E-state index in [9.17, 15) is 4.79 Å². The second-order valence-corrected chi connectivity index (χ2v) is 5.39. The number of carbonyl (C=O) groups is 1. The van der Waals surface area contributed by atoms with Crippen molar-refractivity contribution in [3.05, 3.63) is 12.4 Å². The zero-order valence-electron chi connectivity index (χ0n) is 12.0. The molecule has 0 saturated heterocycles. The van der Waals surface area contributed by atoms with Gasteiger partial charge in [0.15, 0.2) is 0 Å². The van der Waals surface area contributed by atoms with Crippen LogP contribution in [-0.2, 0) is 4.79 Å². The summed E-state index contributed by atoms with van der Waals surface area (Å²) in [6.45, 7) is 13.2. The molecule has 0 aromatic rings. The number of likely N-dealkylation sites (N-methyl/N-ethyl adjacent to an activating group) is 1. The Kier molecular flexibility index (Phi) is 6.07. The van der Waals surface area contributed by atoms with E-state index >= 15 is 0 Å². The normalized spacial score (nSPS) is 12.7. The van der Waals surface area contributed by atoms with E-state index in [1.54, 1.807) is 0 Å². The van der Waals surface area contributed by atoms with Crippen LogP contribution in [0.15, 0.2) is 12.4 Å². The van der Waals surface area contributed by atoms with Crippen molar-refractivity contribution < 1.29 is 4.79 Å². The van der Waals surface area contributed by atoms with Crippen LogP contribution in [0.2, 0.25) is 0 Å². The first-order chi connectivity index (χ1) is 7.68. The van der Waals surface area contributed by atoms with Gasteiger partial charge in [-0.25, -0.2) is 0 Å². The summed E-state index contributed by atoms with van der Waals surface area (Å²) in [6, 6.07) is -0.308. The van der Waals surface area contributed by atoms with Crippen molar-refractivity contribution in [2.24, 2.45) is 17.6 Å². The van der Waals surface area contributed by atoms with Crippen LogP contribution in [0.1, 0.15) is 27.7 Å². The van der Waals surface area contributed by atoms with Crippen LogP contribution in [0.4, 0.5) is 0 Å². The second-order valence-electron chi connectivity index (χ2n) is 5.39. The molecule has 0 saturated carbocycles. The number of nitrogens with zero attached hydrogens (tertiary/aromatic N) is 2. The fraction of sp³-hybridized carbons (Fsp3) is 0.769. The van der Waals surface area contributed by atoms with Gasteiger partial charge in [0.05, 0.1) is 5.82 Å². The molecule has 0 spiro atoms. The smallest absolute Gasteiger partial charge is 0.240 e. The molecule has 0 aliphatic heterocycles. The molecule has 4 nitrogen and oxygen atoms in total. The van der Waals surface area contributed by atoms with Gasteiger partial charge in [0, 0.05) is 20.6 Å². The van der Waals surface area contributed by atoms with Crippen molar-refractivity contribution in [2.75, 3.05) is 20.6 Å². The Labute approximate surface area is 105 Å². The third-order valence-corrected chi connectivity index (χ3v) is 2.83. The van der Waals surface area contributed by atoms with Crippen molar-refractivity contribution in [3.8, 4) is 0 Å². The molecule has 1 unspecified atom stereocenters. The molecule has 0 radical (unpaired) electrons. The average Bonchev–Trinajstić information content (AvgIpc) is 2.13. The minimum absolute atomic E-state index is 0.168. The van der Waals surface area contributed by atoms with Crippen LogP contribution >= 0.6 is 0 Å². The van der Waals surface area contributed by atoms with Crippen LogP contribution < -0.4 is 5.73 Å². The van der Waals surface area contributed by atoms with E-state index in [1.165, 1.54) is 0 Å². The van der Waals surface area contributed by atoms with Crippen molar-refractivity contribution in [2.45, 2.75) is 33.7 Å². The summed E-state index contributed by atoms with van der Waals surface area (Å²) in [7, 11) is 3.85. The number of carbonyl (C=O) groups excluding carboxylic acids is 1.